The van der Waals surface area contributed by atoms with E-state index >= 15 is 0 Å². The Balaban J connectivity index is 2.04. The predicted molar refractivity (Wildman–Crippen MR) is 85.6 cm³/mol. The van der Waals surface area contributed by atoms with Crippen molar-refractivity contribution in [1.82, 2.24) is 4.90 Å². The van der Waals surface area contributed by atoms with Crippen molar-refractivity contribution >= 4 is 7.85 Å². The summed E-state index contributed by atoms with van der Waals surface area (Å²) in [5.41, 5.74) is 1.52. The van der Waals surface area contributed by atoms with Crippen LogP contribution in [0.3, 0.4) is 0 Å². The van der Waals surface area contributed by atoms with Crippen LogP contribution in [-0.2, 0) is 5.41 Å². The third-order valence-corrected chi connectivity index (χ3v) is 5.48. The maximum atomic E-state index is 6.46. The van der Waals surface area contributed by atoms with E-state index in [1.165, 1.54) is 24.8 Å². The molecule has 1 aliphatic carbocycles. The summed E-state index contributed by atoms with van der Waals surface area (Å²) in [5, 5.41) is 0. The van der Waals surface area contributed by atoms with E-state index in [1.807, 2.05) is 6.07 Å². The highest BCUT2D eigenvalue weighted by atomic mass is 16.5. The molecule has 21 heavy (non-hydrogen) atoms. The lowest BCUT2D eigenvalue weighted by Gasteiger charge is -2.46. The Labute approximate surface area is 129 Å². The van der Waals surface area contributed by atoms with E-state index in [0.717, 1.165) is 24.5 Å². The van der Waals surface area contributed by atoms with Gasteiger partial charge >= 0.3 is 0 Å². The monoisotopic (exact) mass is 285 g/mol. The highest BCUT2D eigenvalue weighted by molar-refractivity contribution is 6.12. The molecule has 0 amide bonds. The first-order valence-corrected chi connectivity index (χ1v) is 7.81. The molecule has 1 aliphatic heterocycles. The molecule has 0 spiro atoms. The molecule has 2 unspecified atom stereocenters. The van der Waals surface area contributed by atoms with Gasteiger partial charge in [-0.25, -0.2) is 0 Å². The van der Waals surface area contributed by atoms with Gasteiger partial charge in [0.25, 0.3) is 0 Å². The predicted octanol–water partition coefficient (Wildman–Crippen LogP) is 2.79. The van der Waals surface area contributed by atoms with Crippen LogP contribution in [0.25, 0.3) is 0 Å². The third-order valence-electron chi connectivity index (χ3n) is 5.48. The number of methoxy groups -OCH3 is 2. The summed E-state index contributed by atoms with van der Waals surface area (Å²) in [6, 6.07) is 6.82. The van der Waals surface area contributed by atoms with Crippen LogP contribution in [0.15, 0.2) is 18.2 Å². The maximum absolute atomic E-state index is 6.46. The second kappa shape index (κ2) is 5.56. The number of ether oxygens (including phenoxy) is 2. The molecular weight excluding hydrogens is 261 g/mol. The van der Waals surface area contributed by atoms with Crippen molar-refractivity contribution < 1.29 is 9.47 Å². The molecule has 4 heteroatoms. The summed E-state index contributed by atoms with van der Waals surface area (Å²) >= 11 is 0. The van der Waals surface area contributed by atoms with Crippen LogP contribution in [0.1, 0.15) is 31.2 Å². The largest absolute Gasteiger partial charge is 0.493 e. The number of hydrogen-bond donors (Lipinski definition) is 0. The van der Waals surface area contributed by atoms with Crippen LogP contribution in [0.5, 0.6) is 11.5 Å². The first-order valence-electron chi connectivity index (χ1n) is 7.81. The maximum Gasteiger partial charge on any atom is 0.161 e. The highest BCUT2D eigenvalue weighted by Gasteiger charge is 2.50. The van der Waals surface area contributed by atoms with Gasteiger partial charge in [0, 0.05) is 11.5 Å². The lowest BCUT2D eigenvalue weighted by Crippen LogP contribution is -2.46. The van der Waals surface area contributed by atoms with Crippen LogP contribution < -0.4 is 9.47 Å². The molecule has 112 valence electrons. The summed E-state index contributed by atoms with van der Waals surface area (Å²) in [7, 11) is 12.0. The van der Waals surface area contributed by atoms with E-state index < -0.39 is 0 Å². The summed E-state index contributed by atoms with van der Waals surface area (Å²) in [6.45, 7) is 1.12. The van der Waals surface area contributed by atoms with E-state index in [2.05, 4.69) is 24.1 Å². The summed E-state index contributed by atoms with van der Waals surface area (Å²) in [5.74, 6) is 1.87. The van der Waals surface area contributed by atoms with Crippen LogP contribution in [-0.4, -0.2) is 46.6 Å². The molecule has 3 atom stereocenters. The van der Waals surface area contributed by atoms with Gasteiger partial charge in [-0.3, -0.25) is 0 Å². The zero-order valence-corrected chi connectivity index (χ0v) is 13.3. The molecule has 1 saturated heterocycles. The first-order chi connectivity index (χ1) is 10.1. The smallest absolute Gasteiger partial charge is 0.161 e. The van der Waals surface area contributed by atoms with Gasteiger partial charge in [0.2, 0.25) is 0 Å². The molecule has 1 heterocycles. The molecule has 2 radical (unpaired) electrons. The van der Waals surface area contributed by atoms with Gasteiger partial charge in [-0.15, -0.1) is 0 Å². The van der Waals surface area contributed by atoms with Gasteiger partial charge < -0.3 is 14.4 Å². The molecule has 0 aromatic heterocycles. The number of benzene rings is 1. The summed E-state index contributed by atoms with van der Waals surface area (Å²) in [6.07, 6.45) is 4.73. The molecule has 2 aliphatic rings. The van der Waals surface area contributed by atoms with E-state index in [1.54, 1.807) is 14.2 Å². The third kappa shape index (κ3) is 2.24. The Kier molecular flexibility index (Phi) is 3.91. The van der Waals surface area contributed by atoms with Crippen molar-refractivity contribution in [1.29, 1.82) is 0 Å². The van der Waals surface area contributed by atoms with E-state index in [4.69, 9.17) is 17.3 Å². The van der Waals surface area contributed by atoms with E-state index in [-0.39, 0.29) is 11.2 Å². The lowest BCUT2D eigenvalue weighted by atomic mass is 9.57. The lowest BCUT2D eigenvalue weighted by molar-refractivity contribution is 0.182. The molecule has 1 aromatic carbocycles. The van der Waals surface area contributed by atoms with Crippen molar-refractivity contribution in [3.63, 3.8) is 0 Å². The van der Waals surface area contributed by atoms with Gasteiger partial charge in [-0.2, -0.15) is 0 Å². The van der Waals surface area contributed by atoms with Crippen LogP contribution in [0, 0.1) is 0 Å². The molecule has 2 fully saturated rings. The minimum atomic E-state index is 0.173. The zero-order valence-electron chi connectivity index (χ0n) is 13.3. The Morgan fingerprint density at radius 2 is 1.95 bits per heavy atom. The van der Waals surface area contributed by atoms with Crippen LogP contribution >= 0.6 is 0 Å². The minimum Gasteiger partial charge on any atom is -0.493 e. The standard InChI is InChI=1S/C17H24BNO2/c1-19-10-9-17(8-4-5-13(18)16(17)19)12-6-7-14(20-2)15(11-12)21-3/h6-7,11,13,16H,4-5,8-10H2,1-3H3/t13?,16?,17-/m0/s1. The number of fused-ring (bicyclic) bond motifs is 1. The fourth-order valence-corrected chi connectivity index (χ4v) is 4.51. The van der Waals surface area contributed by atoms with Crippen molar-refractivity contribution in [2.75, 3.05) is 27.8 Å². The van der Waals surface area contributed by atoms with Gasteiger partial charge in [-0.1, -0.05) is 24.7 Å². The molecular formula is C17H24BNO2. The topological polar surface area (TPSA) is 21.7 Å². The Hall–Kier alpha value is -1.16. The quantitative estimate of drug-likeness (QED) is 0.797. The molecule has 0 bridgehead atoms. The molecule has 1 aromatic rings. The fraction of sp³-hybridized carbons (Fsp3) is 0.647. The second-order valence-corrected chi connectivity index (χ2v) is 6.46. The van der Waals surface area contributed by atoms with Crippen LogP contribution in [0.2, 0.25) is 5.82 Å². The fourth-order valence-electron chi connectivity index (χ4n) is 4.51. The molecule has 3 nitrogen and oxygen atoms in total. The minimum absolute atomic E-state index is 0.173. The zero-order chi connectivity index (χ0) is 15.0. The van der Waals surface area contributed by atoms with Gasteiger partial charge in [0.15, 0.2) is 11.5 Å². The highest BCUT2D eigenvalue weighted by Crippen LogP contribution is 2.52. The van der Waals surface area contributed by atoms with E-state index in [0.29, 0.717) is 6.04 Å². The van der Waals surface area contributed by atoms with Crippen molar-refractivity contribution in [2.45, 2.75) is 43.0 Å². The average Bonchev–Trinajstić information content (AvgIpc) is 2.86. The van der Waals surface area contributed by atoms with Gasteiger partial charge in [-0.05, 0) is 44.1 Å². The van der Waals surface area contributed by atoms with Gasteiger partial charge in [0.05, 0.1) is 22.1 Å². The number of rotatable bonds is 3. The SMILES string of the molecule is [B]C1CCC[C@@]2(c3ccc(OC)c(OC)c3)CCN(C)C12. The van der Waals surface area contributed by atoms with Crippen molar-refractivity contribution in [2.24, 2.45) is 0 Å². The summed E-state index contributed by atoms with van der Waals surface area (Å²) < 4.78 is 10.9. The van der Waals surface area contributed by atoms with Crippen molar-refractivity contribution in [3.05, 3.63) is 23.8 Å². The van der Waals surface area contributed by atoms with Crippen LogP contribution in [0.4, 0.5) is 0 Å². The van der Waals surface area contributed by atoms with Gasteiger partial charge in [0.1, 0.15) is 0 Å². The first kappa shape index (κ1) is 14.8. The number of likely N-dealkylation sites (N-methyl/N-ethyl adjacent to an activating group) is 1. The normalized spacial score (nSPS) is 32.7. The Morgan fingerprint density at radius 3 is 2.67 bits per heavy atom. The summed E-state index contributed by atoms with van der Waals surface area (Å²) in [4.78, 5) is 2.44. The van der Waals surface area contributed by atoms with E-state index in [9.17, 15) is 0 Å². The number of hydrogen-bond acceptors (Lipinski definition) is 3. The molecule has 3 rings (SSSR count). The second-order valence-electron chi connectivity index (χ2n) is 6.46. The Morgan fingerprint density at radius 1 is 1.19 bits per heavy atom. The van der Waals surface area contributed by atoms with Crippen molar-refractivity contribution in [3.8, 4) is 11.5 Å². The average molecular weight is 285 g/mol. The number of nitrogens with zero attached hydrogens (tertiary/aromatic N) is 1. The molecule has 0 N–H and O–H groups in total. The Bertz CT molecular complexity index is 518. The molecule has 1 saturated carbocycles. The number of likely N-dealkylation sites (tertiary alicyclic amines) is 1.